The Balaban J connectivity index is 2.35. The van der Waals surface area contributed by atoms with Gasteiger partial charge in [-0.15, -0.1) is 0 Å². The van der Waals surface area contributed by atoms with Crippen LogP contribution in [-0.2, 0) is 5.72 Å². The SMILES string of the molecule is Cc1ccc(C2(O)c3c(C)cc(C)c(N)c3C(=O)N2C)cc1. The first kappa shape index (κ1) is 14.6. The molecule has 114 valence electrons. The summed E-state index contributed by atoms with van der Waals surface area (Å²) in [6, 6.07) is 9.47. The van der Waals surface area contributed by atoms with Gasteiger partial charge in [0.2, 0.25) is 0 Å². The fourth-order valence-corrected chi connectivity index (χ4v) is 3.28. The van der Waals surface area contributed by atoms with Gasteiger partial charge in [-0.1, -0.05) is 35.9 Å². The number of benzene rings is 2. The molecule has 1 heterocycles. The zero-order chi connectivity index (χ0) is 16.2. The van der Waals surface area contributed by atoms with Crippen LogP contribution in [0, 0.1) is 20.8 Å². The summed E-state index contributed by atoms with van der Waals surface area (Å²) in [4.78, 5) is 14.0. The Kier molecular flexibility index (Phi) is 3.04. The van der Waals surface area contributed by atoms with Gasteiger partial charge in [-0.2, -0.15) is 0 Å². The summed E-state index contributed by atoms with van der Waals surface area (Å²) >= 11 is 0. The van der Waals surface area contributed by atoms with Gasteiger partial charge < -0.3 is 15.7 Å². The average Bonchev–Trinajstić information content (AvgIpc) is 2.68. The molecule has 4 nitrogen and oxygen atoms in total. The van der Waals surface area contributed by atoms with E-state index in [1.807, 2.05) is 51.1 Å². The summed E-state index contributed by atoms with van der Waals surface area (Å²) in [7, 11) is 1.61. The number of fused-ring (bicyclic) bond motifs is 1. The quantitative estimate of drug-likeness (QED) is 0.794. The summed E-state index contributed by atoms with van der Waals surface area (Å²) in [5.41, 5.74) is 9.57. The van der Waals surface area contributed by atoms with Gasteiger partial charge >= 0.3 is 0 Å². The Labute approximate surface area is 130 Å². The lowest BCUT2D eigenvalue weighted by molar-refractivity contribution is -0.0372. The van der Waals surface area contributed by atoms with Crippen LogP contribution in [0.1, 0.15) is 38.2 Å². The number of nitrogen functional groups attached to an aromatic ring is 1. The van der Waals surface area contributed by atoms with Crippen LogP contribution in [0.25, 0.3) is 0 Å². The molecule has 22 heavy (non-hydrogen) atoms. The molecule has 0 aromatic heterocycles. The minimum absolute atomic E-state index is 0.248. The molecule has 0 spiro atoms. The Hall–Kier alpha value is -2.33. The highest BCUT2D eigenvalue weighted by molar-refractivity contribution is 6.05. The van der Waals surface area contributed by atoms with Crippen LogP contribution >= 0.6 is 0 Å². The van der Waals surface area contributed by atoms with Gasteiger partial charge in [-0.05, 0) is 31.9 Å². The second kappa shape index (κ2) is 4.58. The lowest BCUT2D eigenvalue weighted by atomic mass is 9.88. The number of hydrogen-bond acceptors (Lipinski definition) is 3. The smallest absolute Gasteiger partial charge is 0.258 e. The standard InChI is InChI=1S/C18H20N2O2/c1-10-5-7-13(8-6-10)18(22)15-11(2)9-12(3)16(19)14(15)17(21)20(18)4/h5-9,22H,19H2,1-4H3. The fraction of sp³-hybridized carbons (Fsp3) is 0.278. The largest absolute Gasteiger partial charge is 0.398 e. The van der Waals surface area contributed by atoms with E-state index in [2.05, 4.69) is 0 Å². The number of carbonyl (C=O) groups is 1. The van der Waals surface area contributed by atoms with Crippen molar-refractivity contribution in [2.24, 2.45) is 0 Å². The molecular weight excluding hydrogens is 276 g/mol. The third kappa shape index (κ3) is 1.70. The maximum absolute atomic E-state index is 12.7. The normalized spacial score (nSPS) is 20.4. The van der Waals surface area contributed by atoms with Crippen molar-refractivity contribution in [3.05, 3.63) is 63.7 Å². The van der Waals surface area contributed by atoms with E-state index in [0.29, 0.717) is 22.4 Å². The number of anilines is 1. The summed E-state index contributed by atoms with van der Waals surface area (Å²) < 4.78 is 0. The first-order chi connectivity index (χ1) is 10.3. The highest BCUT2D eigenvalue weighted by atomic mass is 16.3. The number of amides is 1. The van der Waals surface area contributed by atoms with Gasteiger partial charge in [0.05, 0.1) is 5.56 Å². The Morgan fingerprint density at radius 3 is 2.27 bits per heavy atom. The van der Waals surface area contributed by atoms with Crippen LogP contribution in [0.2, 0.25) is 0 Å². The first-order valence-electron chi connectivity index (χ1n) is 7.26. The van der Waals surface area contributed by atoms with Gasteiger partial charge in [0.15, 0.2) is 5.72 Å². The van der Waals surface area contributed by atoms with Crippen LogP contribution in [0.4, 0.5) is 5.69 Å². The van der Waals surface area contributed by atoms with Crippen LogP contribution in [0.15, 0.2) is 30.3 Å². The molecule has 1 aliphatic rings. The van der Waals surface area contributed by atoms with Gasteiger partial charge in [-0.25, -0.2) is 0 Å². The maximum Gasteiger partial charge on any atom is 0.258 e. The van der Waals surface area contributed by atoms with E-state index in [0.717, 1.165) is 16.7 Å². The monoisotopic (exact) mass is 296 g/mol. The molecule has 0 aliphatic carbocycles. The molecule has 2 aromatic rings. The Morgan fingerprint density at radius 2 is 1.68 bits per heavy atom. The molecule has 1 aliphatic heterocycles. The van der Waals surface area contributed by atoms with E-state index >= 15 is 0 Å². The molecule has 4 heteroatoms. The maximum atomic E-state index is 12.7. The molecule has 0 bridgehead atoms. The van der Waals surface area contributed by atoms with E-state index in [1.165, 1.54) is 4.90 Å². The van der Waals surface area contributed by atoms with Crippen molar-refractivity contribution in [3.8, 4) is 0 Å². The summed E-state index contributed by atoms with van der Waals surface area (Å²) in [5.74, 6) is -0.248. The van der Waals surface area contributed by atoms with Crippen molar-refractivity contribution in [2.45, 2.75) is 26.5 Å². The lowest BCUT2D eigenvalue weighted by Crippen LogP contribution is -2.42. The molecule has 0 fully saturated rings. The van der Waals surface area contributed by atoms with E-state index in [1.54, 1.807) is 7.05 Å². The number of nitrogens with zero attached hydrogens (tertiary/aromatic N) is 1. The lowest BCUT2D eigenvalue weighted by Gasteiger charge is -2.32. The zero-order valence-electron chi connectivity index (χ0n) is 13.3. The molecular formula is C18H20N2O2. The van der Waals surface area contributed by atoms with Crippen LogP contribution in [0.5, 0.6) is 0 Å². The molecule has 1 unspecified atom stereocenters. The van der Waals surface area contributed by atoms with Crippen molar-refractivity contribution in [3.63, 3.8) is 0 Å². The van der Waals surface area contributed by atoms with Crippen LogP contribution in [-0.4, -0.2) is 23.0 Å². The predicted molar refractivity (Wildman–Crippen MR) is 86.6 cm³/mol. The van der Waals surface area contributed by atoms with Crippen molar-refractivity contribution < 1.29 is 9.90 Å². The summed E-state index contributed by atoms with van der Waals surface area (Å²) in [6.45, 7) is 5.76. The molecule has 0 saturated heterocycles. The summed E-state index contributed by atoms with van der Waals surface area (Å²) in [5, 5.41) is 11.4. The average molecular weight is 296 g/mol. The topological polar surface area (TPSA) is 66.6 Å². The number of carbonyl (C=O) groups excluding carboxylic acids is 1. The Bertz CT molecular complexity index is 781. The van der Waals surface area contributed by atoms with E-state index in [9.17, 15) is 9.90 Å². The highest BCUT2D eigenvalue weighted by Gasteiger charge is 2.50. The van der Waals surface area contributed by atoms with Gasteiger partial charge in [0, 0.05) is 23.9 Å². The highest BCUT2D eigenvalue weighted by Crippen LogP contribution is 2.45. The number of aliphatic hydroxyl groups is 1. The van der Waals surface area contributed by atoms with Crippen molar-refractivity contribution in [1.29, 1.82) is 0 Å². The van der Waals surface area contributed by atoms with Crippen molar-refractivity contribution in [1.82, 2.24) is 4.90 Å². The predicted octanol–water partition coefficient (Wildman–Crippen LogP) is 2.47. The zero-order valence-corrected chi connectivity index (χ0v) is 13.3. The van der Waals surface area contributed by atoms with Crippen molar-refractivity contribution in [2.75, 3.05) is 12.8 Å². The molecule has 1 amide bonds. The first-order valence-corrected chi connectivity index (χ1v) is 7.26. The second-order valence-electron chi connectivity index (χ2n) is 6.08. The molecule has 1 atom stereocenters. The number of nitrogens with two attached hydrogens (primary N) is 1. The number of aryl methyl sites for hydroxylation is 3. The molecule has 0 saturated carbocycles. The summed E-state index contributed by atoms with van der Waals surface area (Å²) in [6.07, 6.45) is 0. The van der Waals surface area contributed by atoms with Crippen LogP contribution in [0.3, 0.4) is 0 Å². The Morgan fingerprint density at radius 1 is 1.09 bits per heavy atom. The van der Waals surface area contributed by atoms with Gasteiger partial charge in [0.25, 0.3) is 5.91 Å². The van der Waals surface area contributed by atoms with E-state index < -0.39 is 5.72 Å². The number of rotatable bonds is 1. The minimum Gasteiger partial charge on any atom is -0.398 e. The van der Waals surface area contributed by atoms with Gasteiger partial charge in [-0.3, -0.25) is 4.79 Å². The van der Waals surface area contributed by atoms with Crippen molar-refractivity contribution >= 4 is 11.6 Å². The molecule has 3 rings (SSSR count). The minimum atomic E-state index is -1.48. The molecule has 0 radical (unpaired) electrons. The third-order valence-electron chi connectivity index (χ3n) is 4.58. The van der Waals surface area contributed by atoms with Crippen LogP contribution < -0.4 is 5.73 Å². The molecule has 2 aromatic carbocycles. The van der Waals surface area contributed by atoms with Gasteiger partial charge in [0.1, 0.15) is 0 Å². The van der Waals surface area contributed by atoms with E-state index in [4.69, 9.17) is 5.73 Å². The molecule has 3 N–H and O–H groups in total. The fourth-order valence-electron chi connectivity index (χ4n) is 3.28. The number of hydrogen-bond donors (Lipinski definition) is 2. The van der Waals surface area contributed by atoms with E-state index in [-0.39, 0.29) is 5.91 Å². The third-order valence-corrected chi connectivity index (χ3v) is 4.58. The second-order valence-corrected chi connectivity index (χ2v) is 6.08.